The molecule has 1 amide bonds. The maximum atomic E-state index is 12.5. The molecule has 0 saturated carbocycles. The number of alkyl halides is 3. The van der Waals surface area contributed by atoms with E-state index in [0.29, 0.717) is 31.9 Å². The summed E-state index contributed by atoms with van der Waals surface area (Å²) in [5, 5.41) is 6.07. The lowest BCUT2D eigenvalue weighted by Gasteiger charge is -2.14. The minimum absolute atomic E-state index is 0.0164. The zero-order chi connectivity index (χ0) is 18.2. The summed E-state index contributed by atoms with van der Waals surface area (Å²) in [6.07, 6.45) is -3.39. The fourth-order valence-corrected chi connectivity index (χ4v) is 1.92. The van der Waals surface area contributed by atoms with E-state index < -0.39 is 11.7 Å². The van der Waals surface area contributed by atoms with E-state index in [1.807, 2.05) is 0 Å². The van der Waals surface area contributed by atoms with Crippen LogP contribution >= 0.6 is 0 Å². The van der Waals surface area contributed by atoms with Crippen LogP contribution in [0.5, 0.6) is 0 Å². The largest absolute Gasteiger partial charge is 0.416 e. The molecular formula is C16H23F3N4O. The van der Waals surface area contributed by atoms with Crippen LogP contribution in [0.4, 0.5) is 13.2 Å². The van der Waals surface area contributed by atoms with Gasteiger partial charge in [0.2, 0.25) is 5.91 Å². The van der Waals surface area contributed by atoms with Crippen molar-refractivity contribution in [2.24, 2.45) is 4.99 Å². The van der Waals surface area contributed by atoms with Crippen molar-refractivity contribution in [3.05, 3.63) is 35.4 Å². The molecule has 0 aromatic heterocycles. The molecule has 0 bridgehead atoms. The molecular weight excluding hydrogens is 321 g/mol. The van der Waals surface area contributed by atoms with E-state index in [-0.39, 0.29) is 5.91 Å². The number of halogens is 3. The van der Waals surface area contributed by atoms with Crippen molar-refractivity contribution in [3.63, 3.8) is 0 Å². The van der Waals surface area contributed by atoms with Crippen LogP contribution in [0.1, 0.15) is 17.5 Å². The second-order valence-corrected chi connectivity index (χ2v) is 5.41. The molecule has 0 spiro atoms. The quantitative estimate of drug-likeness (QED) is 0.612. The molecule has 0 aliphatic rings. The van der Waals surface area contributed by atoms with Gasteiger partial charge in [-0.1, -0.05) is 12.1 Å². The van der Waals surface area contributed by atoms with Crippen LogP contribution in [0, 0.1) is 0 Å². The first kappa shape index (κ1) is 19.8. The monoisotopic (exact) mass is 344 g/mol. The molecule has 5 nitrogen and oxygen atoms in total. The van der Waals surface area contributed by atoms with Crippen molar-refractivity contribution in [3.8, 4) is 0 Å². The van der Waals surface area contributed by atoms with Gasteiger partial charge in [-0.2, -0.15) is 13.2 Å². The highest BCUT2D eigenvalue weighted by atomic mass is 19.4. The van der Waals surface area contributed by atoms with Gasteiger partial charge >= 0.3 is 6.18 Å². The van der Waals surface area contributed by atoms with Gasteiger partial charge in [-0.15, -0.1) is 0 Å². The fraction of sp³-hybridized carbons (Fsp3) is 0.500. The lowest BCUT2D eigenvalue weighted by molar-refractivity contribution is -0.137. The number of rotatable bonds is 6. The van der Waals surface area contributed by atoms with Crippen molar-refractivity contribution in [1.29, 1.82) is 0 Å². The van der Waals surface area contributed by atoms with Gasteiger partial charge in [0, 0.05) is 40.7 Å². The van der Waals surface area contributed by atoms with Gasteiger partial charge in [0.15, 0.2) is 5.96 Å². The number of carbonyl (C=O) groups is 1. The third-order valence-corrected chi connectivity index (χ3v) is 3.34. The highest BCUT2D eigenvalue weighted by molar-refractivity contribution is 5.81. The Hall–Kier alpha value is -2.25. The number of amides is 1. The minimum Gasteiger partial charge on any atom is -0.356 e. The predicted molar refractivity (Wildman–Crippen MR) is 87.8 cm³/mol. The van der Waals surface area contributed by atoms with E-state index in [9.17, 15) is 18.0 Å². The summed E-state index contributed by atoms with van der Waals surface area (Å²) in [6, 6.07) is 5.09. The Morgan fingerprint density at radius 2 is 1.71 bits per heavy atom. The highest BCUT2D eigenvalue weighted by Crippen LogP contribution is 2.29. The van der Waals surface area contributed by atoms with Crippen molar-refractivity contribution < 1.29 is 18.0 Å². The van der Waals surface area contributed by atoms with E-state index >= 15 is 0 Å². The van der Waals surface area contributed by atoms with E-state index in [2.05, 4.69) is 15.6 Å². The summed E-state index contributed by atoms with van der Waals surface area (Å²) in [5.74, 6) is 0.566. The van der Waals surface area contributed by atoms with Crippen LogP contribution in [-0.4, -0.2) is 51.0 Å². The second kappa shape index (κ2) is 9.14. The summed E-state index contributed by atoms with van der Waals surface area (Å²) in [6.45, 7) is 0.976. The number of benzene rings is 1. The summed E-state index contributed by atoms with van der Waals surface area (Å²) in [5.41, 5.74) is 0.149. The number of aliphatic imine (C=N–C) groups is 1. The van der Waals surface area contributed by atoms with Gasteiger partial charge in [-0.05, 0) is 24.1 Å². The van der Waals surface area contributed by atoms with Crippen molar-refractivity contribution in [1.82, 2.24) is 15.5 Å². The Kier molecular flexibility index (Phi) is 7.54. The Morgan fingerprint density at radius 3 is 2.21 bits per heavy atom. The van der Waals surface area contributed by atoms with E-state index in [4.69, 9.17) is 0 Å². The Bertz CT molecular complexity index is 553. The van der Waals surface area contributed by atoms with Crippen molar-refractivity contribution >= 4 is 11.9 Å². The number of carbonyl (C=O) groups excluding carboxylic acids is 1. The zero-order valence-electron chi connectivity index (χ0n) is 14.1. The van der Waals surface area contributed by atoms with Crippen molar-refractivity contribution in [2.45, 2.75) is 19.0 Å². The Morgan fingerprint density at radius 1 is 1.12 bits per heavy atom. The van der Waals surface area contributed by atoms with Gasteiger partial charge in [-0.3, -0.25) is 9.79 Å². The number of nitrogens with zero attached hydrogens (tertiary/aromatic N) is 2. The van der Waals surface area contributed by atoms with Crippen LogP contribution in [-0.2, 0) is 17.4 Å². The number of nitrogens with one attached hydrogen (secondary N) is 2. The molecule has 1 rings (SSSR count). The van der Waals surface area contributed by atoms with Gasteiger partial charge in [0.05, 0.1) is 5.56 Å². The first-order valence-electron chi connectivity index (χ1n) is 7.55. The first-order chi connectivity index (χ1) is 11.2. The number of guanidine groups is 1. The van der Waals surface area contributed by atoms with E-state index in [0.717, 1.165) is 17.7 Å². The molecule has 1 aromatic rings. The Labute approximate surface area is 139 Å². The minimum atomic E-state index is -4.31. The number of hydrogen-bond acceptors (Lipinski definition) is 2. The maximum Gasteiger partial charge on any atom is 0.416 e. The molecule has 0 aliphatic heterocycles. The molecule has 0 radical (unpaired) electrons. The molecule has 0 aliphatic carbocycles. The third-order valence-electron chi connectivity index (χ3n) is 3.34. The van der Waals surface area contributed by atoms with E-state index in [1.165, 1.54) is 17.0 Å². The van der Waals surface area contributed by atoms with Crippen molar-refractivity contribution in [2.75, 3.05) is 34.2 Å². The number of hydrogen-bond donors (Lipinski definition) is 2. The summed E-state index contributed by atoms with van der Waals surface area (Å²) >= 11 is 0. The predicted octanol–water partition coefficient (Wildman–Crippen LogP) is 1.89. The topological polar surface area (TPSA) is 56.7 Å². The molecule has 8 heteroatoms. The van der Waals surface area contributed by atoms with Crippen LogP contribution < -0.4 is 10.6 Å². The van der Waals surface area contributed by atoms with Gasteiger partial charge in [0.25, 0.3) is 0 Å². The lowest BCUT2D eigenvalue weighted by atomic mass is 10.1. The normalized spacial score (nSPS) is 12.0. The molecule has 0 fully saturated rings. The maximum absolute atomic E-state index is 12.5. The van der Waals surface area contributed by atoms with Crippen LogP contribution in [0.2, 0.25) is 0 Å². The SMILES string of the molecule is CN=C(NCCC(=O)N(C)C)NCCc1ccc(C(F)(F)F)cc1. The highest BCUT2D eigenvalue weighted by Gasteiger charge is 2.29. The lowest BCUT2D eigenvalue weighted by Crippen LogP contribution is -2.40. The molecule has 0 unspecified atom stereocenters. The van der Waals surface area contributed by atoms with Gasteiger partial charge < -0.3 is 15.5 Å². The van der Waals surface area contributed by atoms with Gasteiger partial charge in [0.1, 0.15) is 0 Å². The zero-order valence-corrected chi connectivity index (χ0v) is 14.1. The summed E-state index contributed by atoms with van der Waals surface area (Å²) in [7, 11) is 5.00. The standard InChI is InChI=1S/C16H23F3N4O/c1-20-15(22-11-9-14(24)23(2)3)21-10-8-12-4-6-13(7-5-12)16(17,18)19/h4-7H,8-11H2,1-3H3,(H2,20,21,22). The van der Waals surface area contributed by atoms with Crippen LogP contribution in [0.25, 0.3) is 0 Å². The summed E-state index contributed by atoms with van der Waals surface area (Å²) in [4.78, 5) is 17.0. The summed E-state index contributed by atoms with van der Waals surface area (Å²) < 4.78 is 37.5. The molecule has 0 atom stereocenters. The molecule has 24 heavy (non-hydrogen) atoms. The van der Waals surface area contributed by atoms with E-state index in [1.54, 1.807) is 21.1 Å². The molecule has 134 valence electrons. The smallest absolute Gasteiger partial charge is 0.356 e. The Balaban J connectivity index is 2.35. The average molecular weight is 344 g/mol. The van der Waals surface area contributed by atoms with Gasteiger partial charge in [-0.25, -0.2) is 0 Å². The third kappa shape index (κ3) is 6.89. The van der Waals surface area contributed by atoms with Crippen LogP contribution in [0.3, 0.4) is 0 Å². The fourth-order valence-electron chi connectivity index (χ4n) is 1.92. The average Bonchev–Trinajstić information content (AvgIpc) is 2.52. The molecule has 0 saturated heterocycles. The molecule has 2 N–H and O–H groups in total. The van der Waals surface area contributed by atoms with Crippen LogP contribution in [0.15, 0.2) is 29.3 Å². The first-order valence-corrected chi connectivity index (χ1v) is 7.55. The second-order valence-electron chi connectivity index (χ2n) is 5.41. The molecule has 0 heterocycles. The molecule has 1 aromatic carbocycles.